The minimum atomic E-state index is -1.37. The van der Waals surface area contributed by atoms with E-state index in [1.165, 1.54) is 18.2 Å². The first-order valence-electron chi connectivity index (χ1n) is 8.08. The van der Waals surface area contributed by atoms with Crippen LogP contribution in [0.2, 0.25) is 0 Å². The number of aromatic nitrogens is 1. The fourth-order valence-electron chi connectivity index (χ4n) is 2.91. The highest BCUT2D eigenvalue weighted by molar-refractivity contribution is 5.93. The fourth-order valence-corrected chi connectivity index (χ4v) is 2.91. The summed E-state index contributed by atoms with van der Waals surface area (Å²) < 4.78 is 0. The van der Waals surface area contributed by atoms with Crippen molar-refractivity contribution in [1.82, 2.24) is 4.98 Å². The van der Waals surface area contributed by atoms with E-state index in [9.17, 15) is 25.0 Å². The minimum absolute atomic E-state index is 0.000186. The van der Waals surface area contributed by atoms with E-state index in [4.69, 9.17) is 5.11 Å². The number of nitrogens with zero attached hydrogens (tertiary/aromatic N) is 2. The maximum atomic E-state index is 12.0. The first kappa shape index (κ1) is 18.5. The molecule has 0 saturated heterocycles. The highest BCUT2D eigenvalue weighted by Gasteiger charge is 2.20. The number of H-pyrrole nitrogens is 1. The van der Waals surface area contributed by atoms with Crippen LogP contribution >= 0.6 is 0 Å². The molecule has 8 nitrogen and oxygen atoms in total. The van der Waals surface area contributed by atoms with E-state index in [1.54, 1.807) is 37.3 Å². The minimum Gasteiger partial charge on any atom is -0.477 e. The van der Waals surface area contributed by atoms with E-state index in [0.29, 0.717) is 27.9 Å². The Morgan fingerprint density at radius 1 is 1.11 bits per heavy atom. The highest BCUT2D eigenvalue weighted by atomic mass is 16.6. The van der Waals surface area contributed by atoms with Crippen molar-refractivity contribution in [3.05, 3.63) is 85.8 Å². The third-order valence-corrected chi connectivity index (χ3v) is 4.23. The number of aromatic amines is 1. The van der Waals surface area contributed by atoms with Crippen LogP contribution in [0.4, 0.5) is 5.69 Å². The van der Waals surface area contributed by atoms with Gasteiger partial charge in [-0.15, -0.1) is 0 Å². The Labute approximate surface area is 158 Å². The van der Waals surface area contributed by atoms with Crippen molar-refractivity contribution in [1.29, 1.82) is 5.26 Å². The summed E-state index contributed by atoms with van der Waals surface area (Å²) in [6.07, 6.45) is 0. The summed E-state index contributed by atoms with van der Waals surface area (Å²) >= 11 is 0. The molecule has 1 aromatic heterocycles. The van der Waals surface area contributed by atoms with Gasteiger partial charge >= 0.3 is 5.97 Å². The smallest absolute Gasteiger partial charge is 0.342 e. The van der Waals surface area contributed by atoms with Gasteiger partial charge in [0.05, 0.1) is 4.92 Å². The predicted octanol–water partition coefficient (Wildman–Crippen LogP) is 3.50. The van der Waals surface area contributed by atoms with E-state index >= 15 is 0 Å². The van der Waals surface area contributed by atoms with Crippen LogP contribution in [0.3, 0.4) is 0 Å². The van der Waals surface area contributed by atoms with Gasteiger partial charge in [0.15, 0.2) is 0 Å². The van der Waals surface area contributed by atoms with Gasteiger partial charge in [0.2, 0.25) is 0 Å². The number of carbonyl (C=O) groups is 1. The molecule has 138 valence electrons. The van der Waals surface area contributed by atoms with E-state index in [0.717, 1.165) is 0 Å². The molecule has 3 aromatic rings. The lowest BCUT2D eigenvalue weighted by atomic mass is 9.97. The molecule has 28 heavy (non-hydrogen) atoms. The molecular weight excluding hydrogens is 362 g/mol. The Morgan fingerprint density at radius 2 is 1.71 bits per heavy atom. The topological polar surface area (TPSA) is 137 Å². The number of rotatable bonds is 4. The SMILES string of the molecule is Cc1cc(-c2ccc(-c3ccc(C(=O)O)c([N+](=O)[O-])c3)cc2)c(C#N)c(=O)[nH]1. The summed E-state index contributed by atoms with van der Waals surface area (Å²) in [4.78, 5) is 36.1. The van der Waals surface area contributed by atoms with Crippen LogP contribution in [0.5, 0.6) is 0 Å². The van der Waals surface area contributed by atoms with Crippen LogP contribution in [-0.2, 0) is 0 Å². The molecule has 0 bridgehead atoms. The lowest BCUT2D eigenvalue weighted by Gasteiger charge is -2.08. The Morgan fingerprint density at radius 3 is 2.29 bits per heavy atom. The Hall–Kier alpha value is -4.25. The molecule has 0 aliphatic heterocycles. The van der Waals surface area contributed by atoms with E-state index in [2.05, 4.69) is 4.98 Å². The average Bonchev–Trinajstić information content (AvgIpc) is 2.67. The number of hydrogen-bond acceptors (Lipinski definition) is 5. The second kappa shape index (κ2) is 7.17. The second-order valence-corrected chi connectivity index (χ2v) is 6.05. The molecule has 2 N–H and O–H groups in total. The number of carboxylic acid groups (broad SMARTS) is 1. The molecule has 0 aliphatic carbocycles. The molecule has 0 aliphatic rings. The quantitative estimate of drug-likeness (QED) is 0.529. The third-order valence-electron chi connectivity index (χ3n) is 4.23. The van der Waals surface area contributed by atoms with Crippen LogP contribution in [0.15, 0.2) is 53.3 Å². The van der Waals surface area contributed by atoms with Crippen molar-refractivity contribution in [2.75, 3.05) is 0 Å². The number of carboxylic acids is 1. The molecule has 0 spiro atoms. The van der Waals surface area contributed by atoms with Gasteiger partial charge in [-0.1, -0.05) is 30.3 Å². The number of benzene rings is 2. The monoisotopic (exact) mass is 375 g/mol. The molecule has 0 unspecified atom stereocenters. The van der Waals surface area contributed by atoms with Crippen LogP contribution in [0.25, 0.3) is 22.3 Å². The number of nitro groups is 1. The molecule has 3 rings (SSSR count). The summed E-state index contributed by atoms with van der Waals surface area (Å²) in [5.74, 6) is -1.37. The van der Waals surface area contributed by atoms with E-state index in [1.807, 2.05) is 6.07 Å². The molecule has 0 atom stereocenters. The Bertz CT molecular complexity index is 1200. The Kier molecular flexibility index (Phi) is 4.75. The van der Waals surface area contributed by atoms with Crippen molar-refractivity contribution in [2.45, 2.75) is 6.92 Å². The first-order chi connectivity index (χ1) is 13.3. The molecule has 2 aromatic carbocycles. The molecular formula is C20H13N3O5. The number of nitrogens with one attached hydrogen (secondary N) is 1. The zero-order valence-electron chi connectivity index (χ0n) is 14.6. The second-order valence-electron chi connectivity index (χ2n) is 6.05. The van der Waals surface area contributed by atoms with Gasteiger partial charge in [-0.2, -0.15) is 5.26 Å². The molecule has 0 saturated carbocycles. The molecule has 0 radical (unpaired) electrons. The van der Waals surface area contributed by atoms with Crippen molar-refractivity contribution in [3.63, 3.8) is 0 Å². The molecule has 1 heterocycles. The average molecular weight is 375 g/mol. The summed E-state index contributed by atoms with van der Waals surface area (Å²) in [6.45, 7) is 1.71. The summed E-state index contributed by atoms with van der Waals surface area (Å²) in [7, 11) is 0. The molecule has 0 fully saturated rings. The third kappa shape index (κ3) is 3.37. The number of pyridine rings is 1. The van der Waals surface area contributed by atoms with Crippen LogP contribution in [-0.4, -0.2) is 21.0 Å². The van der Waals surface area contributed by atoms with Crippen molar-refractivity contribution >= 4 is 11.7 Å². The maximum Gasteiger partial charge on any atom is 0.342 e. The summed E-state index contributed by atoms with van der Waals surface area (Å²) in [5, 5.41) is 29.5. The molecule has 0 amide bonds. The maximum absolute atomic E-state index is 12.0. The van der Waals surface area contributed by atoms with E-state index < -0.39 is 22.1 Å². The Balaban J connectivity index is 2.07. The zero-order valence-corrected chi connectivity index (χ0v) is 14.6. The standard InChI is InChI=1S/C20H13N3O5/c1-11-8-16(17(10-21)19(24)22-11)13-4-2-12(3-5-13)14-6-7-15(20(25)26)18(9-14)23(27)28/h2-9H,1H3,(H,22,24)(H,25,26). The first-order valence-corrected chi connectivity index (χ1v) is 8.08. The normalized spacial score (nSPS) is 10.3. The van der Waals surface area contributed by atoms with Crippen LogP contribution in [0, 0.1) is 28.4 Å². The van der Waals surface area contributed by atoms with Gasteiger partial charge in [-0.05, 0) is 35.7 Å². The lowest BCUT2D eigenvalue weighted by molar-refractivity contribution is -0.385. The van der Waals surface area contributed by atoms with Gasteiger partial charge in [-0.3, -0.25) is 14.9 Å². The highest BCUT2D eigenvalue weighted by Crippen LogP contribution is 2.30. The van der Waals surface area contributed by atoms with Crippen molar-refractivity contribution in [3.8, 4) is 28.3 Å². The van der Waals surface area contributed by atoms with Gasteiger partial charge in [0.25, 0.3) is 11.2 Å². The molecule has 8 heteroatoms. The van der Waals surface area contributed by atoms with Crippen molar-refractivity contribution in [2.24, 2.45) is 0 Å². The van der Waals surface area contributed by atoms with Gasteiger partial charge in [0.1, 0.15) is 17.2 Å². The predicted molar refractivity (Wildman–Crippen MR) is 101 cm³/mol. The van der Waals surface area contributed by atoms with E-state index in [-0.39, 0.29) is 11.1 Å². The van der Waals surface area contributed by atoms with Crippen LogP contribution < -0.4 is 5.56 Å². The number of aromatic carboxylic acids is 1. The summed E-state index contributed by atoms with van der Waals surface area (Å²) in [6, 6.07) is 14.2. The van der Waals surface area contributed by atoms with Gasteiger partial charge in [-0.25, -0.2) is 4.79 Å². The van der Waals surface area contributed by atoms with Crippen LogP contribution in [0.1, 0.15) is 21.6 Å². The summed E-state index contributed by atoms with van der Waals surface area (Å²) in [5.41, 5.74) is 1.50. The van der Waals surface area contributed by atoms with Gasteiger partial charge in [0, 0.05) is 17.3 Å². The van der Waals surface area contributed by atoms with Crippen molar-refractivity contribution < 1.29 is 14.8 Å². The number of nitriles is 1. The zero-order chi connectivity index (χ0) is 20.4. The fraction of sp³-hybridized carbons (Fsp3) is 0.0500. The number of nitro benzene ring substituents is 1. The largest absolute Gasteiger partial charge is 0.477 e. The number of hydrogen-bond donors (Lipinski definition) is 2. The van der Waals surface area contributed by atoms with Gasteiger partial charge < -0.3 is 10.1 Å². The number of aryl methyl sites for hydroxylation is 1. The lowest BCUT2D eigenvalue weighted by Crippen LogP contribution is -2.12.